The molecule has 1 aromatic rings. The largest absolute Gasteiger partial charge is 0.494 e. The van der Waals surface area contributed by atoms with E-state index in [-0.39, 0.29) is 30.7 Å². The third kappa shape index (κ3) is 7.95. The molecule has 2 heterocycles. The summed E-state index contributed by atoms with van der Waals surface area (Å²) in [6.45, 7) is 3.86. The van der Waals surface area contributed by atoms with Crippen LogP contribution in [-0.4, -0.2) is 58.9 Å². The number of ketones is 2. The summed E-state index contributed by atoms with van der Waals surface area (Å²) in [5.74, 6) is -1.35. The molecule has 0 aromatic heterocycles. The van der Waals surface area contributed by atoms with E-state index in [0.29, 0.717) is 25.9 Å². The van der Waals surface area contributed by atoms with E-state index in [1.165, 1.54) is 6.92 Å². The molecule has 0 saturated heterocycles. The summed E-state index contributed by atoms with van der Waals surface area (Å²) in [7, 11) is 0. The van der Waals surface area contributed by atoms with Crippen molar-refractivity contribution in [1.29, 1.82) is 0 Å². The van der Waals surface area contributed by atoms with E-state index in [1.807, 2.05) is 25.1 Å². The minimum atomic E-state index is -0.932. The molecule has 0 radical (unpaired) electrons. The summed E-state index contributed by atoms with van der Waals surface area (Å²) in [6.07, 6.45) is 9.91. The van der Waals surface area contributed by atoms with Crippen molar-refractivity contribution >= 4 is 29.3 Å². The number of amides is 3. The van der Waals surface area contributed by atoms with Gasteiger partial charge in [-0.2, -0.15) is 0 Å². The monoisotopic (exact) mass is 567 g/mol. The van der Waals surface area contributed by atoms with Gasteiger partial charge in [-0.05, 0) is 61.3 Å². The second kappa shape index (κ2) is 14.6. The predicted molar refractivity (Wildman–Crippen MR) is 154 cm³/mol. The van der Waals surface area contributed by atoms with Gasteiger partial charge >= 0.3 is 0 Å². The summed E-state index contributed by atoms with van der Waals surface area (Å²) in [6, 6.07) is 3.28. The van der Waals surface area contributed by atoms with Crippen LogP contribution in [0.1, 0.15) is 102 Å². The maximum Gasteiger partial charge on any atom is 0.246 e. The fourth-order valence-electron chi connectivity index (χ4n) is 6.39. The third-order valence-electron chi connectivity index (χ3n) is 8.72. The Kier molecular flexibility index (Phi) is 10.9. The molecule has 3 aliphatic rings. The Balaban J connectivity index is 1.69. The third-order valence-corrected chi connectivity index (χ3v) is 8.72. The van der Waals surface area contributed by atoms with Gasteiger partial charge in [0, 0.05) is 26.3 Å². The van der Waals surface area contributed by atoms with Crippen molar-refractivity contribution < 1.29 is 28.7 Å². The standard InChI is InChI=1S/C32H45N3O6/c1-3-11-26(30(38)21(2)36)33-31(39)27-19-23-15-16-25-18-24(23)20-35(27)32(40)29(22-12-7-6-8-13-22)34-28(37)14-9-4-5-10-17-41-25/h15-16,18,22,26-27,29H,3-14,17,19-20H2,1-2H3,(H,33,39)(H,34,37)/t26?,27-,29-/m0/s1. The molecular formula is C32H45N3O6. The lowest BCUT2D eigenvalue weighted by atomic mass is 9.82. The average Bonchev–Trinajstić information content (AvgIpc) is 2.97. The normalized spacial score (nSPS) is 23.3. The van der Waals surface area contributed by atoms with Crippen LogP contribution >= 0.6 is 0 Å². The van der Waals surface area contributed by atoms with Crippen LogP contribution in [0.15, 0.2) is 18.2 Å². The summed E-state index contributed by atoms with van der Waals surface area (Å²) in [5.41, 5.74) is 1.84. The number of nitrogens with one attached hydrogen (secondary N) is 2. The Morgan fingerprint density at radius 2 is 1.76 bits per heavy atom. The zero-order chi connectivity index (χ0) is 29.4. The second-order valence-electron chi connectivity index (χ2n) is 11.8. The zero-order valence-electron chi connectivity index (χ0n) is 24.5. The fraction of sp³-hybridized carbons (Fsp3) is 0.656. The molecule has 1 unspecified atom stereocenters. The van der Waals surface area contributed by atoms with Crippen molar-refractivity contribution in [2.24, 2.45) is 5.92 Å². The maximum absolute atomic E-state index is 14.4. The number of benzene rings is 1. The number of carbonyl (C=O) groups excluding carboxylic acids is 5. The van der Waals surface area contributed by atoms with E-state index in [1.54, 1.807) is 4.90 Å². The number of fused-ring (bicyclic) bond motifs is 2. The van der Waals surface area contributed by atoms with Gasteiger partial charge in [-0.3, -0.25) is 24.0 Å². The van der Waals surface area contributed by atoms with Crippen LogP contribution < -0.4 is 15.4 Å². The first kappa shape index (κ1) is 30.7. The van der Waals surface area contributed by atoms with Gasteiger partial charge in [0.15, 0.2) is 5.78 Å². The molecule has 9 heteroatoms. The number of rotatable bonds is 7. The summed E-state index contributed by atoms with van der Waals surface area (Å²) < 4.78 is 6.00. The van der Waals surface area contributed by atoms with Crippen molar-refractivity contribution in [3.05, 3.63) is 29.3 Å². The van der Waals surface area contributed by atoms with E-state index >= 15 is 0 Å². The van der Waals surface area contributed by atoms with E-state index < -0.39 is 35.6 Å². The smallest absolute Gasteiger partial charge is 0.246 e. The molecular weight excluding hydrogens is 522 g/mol. The maximum atomic E-state index is 14.4. The number of carbonyl (C=O) groups is 5. The van der Waals surface area contributed by atoms with Gasteiger partial charge in [0.1, 0.15) is 17.8 Å². The first-order valence-electron chi connectivity index (χ1n) is 15.5. The van der Waals surface area contributed by atoms with Crippen molar-refractivity contribution in [3.8, 4) is 5.75 Å². The number of nitrogens with zero attached hydrogens (tertiary/aromatic N) is 1. The van der Waals surface area contributed by atoms with E-state index in [9.17, 15) is 24.0 Å². The lowest BCUT2D eigenvalue weighted by Gasteiger charge is -2.40. The molecule has 4 rings (SSSR count). The van der Waals surface area contributed by atoms with Crippen LogP contribution in [-0.2, 0) is 36.9 Å². The van der Waals surface area contributed by atoms with Gasteiger partial charge in [-0.25, -0.2) is 0 Å². The molecule has 3 amide bonds. The van der Waals surface area contributed by atoms with Crippen LogP contribution in [0.25, 0.3) is 0 Å². The lowest BCUT2D eigenvalue weighted by Crippen LogP contribution is -2.60. The number of hydrogen-bond donors (Lipinski definition) is 2. The first-order valence-corrected chi connectivity index (χ1v) is 15.5. The number of ether oxygens (including phenoxy) is 1. The highest BCUT2D eigenvalue weighted by Gasteiger charge is 2.41. The fourth-order valence-corrected chi connectivity index (χ4v) is 6.39. The first-order chi connectivity index (χ1) is 19.8. The van der Waals surface area contributed by atoms with Gasteiger partial charge in [0.25, 0.3) is 0 Å². The molecule has 9 nitrogen and oxygen atoms in total. The van der Waals surface area contributed by atoms with Crippen LogP contribution in [0.2, 0.25) is 0 Å². The molecule has 41 heavy (non-hydrogen) atoms. The molecule has 1 saturated carbocycles. The van der Waals surface area contributed by atoms with Crippen LogP contribution in [0.3, 0.4) is 0 Å². The minimum absolute atomic E-state index is 0.00555. The Labute approximate surface area is 243 Å². The molecule has 3 atom stereocenters. The Bertz CT molecular complexity index is 1130. The highest BCUT2D eigenvalue weighted by atomic mass is 16.5. The molecule has 2 aliphatic heterocycles. The topological polar surface area (TPSA) is 122 Å². The molecule has 224 valence electrons. The Morgan fingerprint density at radius 3 is 2.49 bits per heavy atom. The Hall–Kier alpha value is -3.23. The van der Waals surface area contributed by atoms with Crippen molar-refractivity contribution in [2.75, 3.05) is 6.61 Å². The molecule has 1 aromatic carbocycles. The van der Waals surface area contributed by atoms with Crippen LogP contribution in [0.4, 0.5) is 0 Å². The number of Topliss-reactive ketones (excluding diaryl/α,β-unsaturated/α-hetero) is 2. The molecule has 1 aliphatic carbocycles. The Morgan fingerprint density at radius 1 is 1.02 bits per heavy atom. The summed E-state index contributed by atoms with van der Waals surface area (Å²) >= 11 is 0. The molecule has 3 bridgehead atoms. The average molecular weight is 568 g/mol. The summed E-state index contributed by atoms with van der Waals surface area (Å²) in [4.78, 5) is 67.3. The quantitative estimate of drug-likeness (QED) is 0.484. The SMILES string of the molecule is CCCC(NC(=O)[C@@H]1Cc2ccc3cc2CN1C(=O)[C@H](C1CCCCC1)NC(=O)CCCCCCO3)C(=O)C(C)=O. The highest BCUT2D eigenvalue weighted by Crippen LogP contribution is 2.32. The van der Waals surface area contributed by atoms with Gasteiger partial charge in [-0.1, -0.05) is 51.5 Å². The van der Waals surface area contributed by atoms with Crippen molar-refractivity contribution in [3.63, 3.8) is 0 Å². The highest BCUT2D eigenvalue weighted by molar-refractivity contribution is 6.38. The van der Waals surface area contributed by atoms with Crippen LogP contribution in [0.5, 0.6) is 5.75 Å². The number of hydrogen-bond acceptors (Lipinski definition) is 6. The lowest BCUT2D eigenvalue weighted by molar-refractivity contribution is -0.147. The molecule has 2 N–H and O–H groups in total. The van der Waals surface area contributed by atoms with Gasteiger partial charge in [-0.15, -0.1) is 0 Å². The van der Waals surface area contributed by atoms with Gasteiger partial charge < -0.3 is 20.3 Å². The van der Waals surface area contributed by atoms with Crippen LogP contribution in [0, 0.1) is 5.92 Å². The zero-order valence-corrected chi connectivity index (χ0v) is 24.5. The molecule has 0 spiro atoms. The van der Waals surface area contributed by atoms with Crippen molar-refractivity contribution in [2.45, 2.75) is 122 Å². The molecule has 1 fully saturated rings. The van der Waals surface area contributed by atoms with E-state index in [0.717, 1.165) is 74.7 Å². The van der Waals surface area contributed by atoms with E-state index in [4.69, 9.17) is 4.74 Å². The second-order valence-corrected chi connectivity index (χ2v) is 11.8. The van der Waals surface area contributed by atoms with Gasteiger partial charge in [0.05, 0.1) is 12.6 Å². The van der Waals surface area contributed by atoms with Gasteiger partial charge in [0.2, 0.25) is 23.5 Å². The minimum Gasteiger partial charge on any atom is -0.494 e. The van der Waals surface area contributed by atoms with Crippen molar-refractivity contribution in [1.82, 2.24) is 15.5 Å². The predicted octanol–water partition coefficient (Wildman–Crippen LogP) is 3.79. The summed E-state index contributed by atoms with van der Waals surface area (Å²) in [5, 5.41) is 5.87. The van der Waals surface area contributed by atoms with E-state index in [2.05, 4.69) is 10.6 Å².